The van der Waals surface area contributed by atoms with Crippen LogP contribution < -0.4 is 9.64 Å². The number of piperazine rings is 1. The van der Waals surface area contributed by atoms with E-state index in [9.17, 15) is 4.79 Å². The fourth-order valence-electron chi connectivity index (χ4n) is 3.00. The van der Waals surface area contributed by atoms with Crippen molar-refractivity contribution in [2.45, 2.75) is 33.6 Å². The Labute approximate surface area is 134 Å². The van der Waals surface area contributed by atoms with E-state index in [1.165, 1.54) is 5.69 Å². The summed E-state index contributed by atoms with van der Waals surface area (Å²) < 4.78 is 5.48. The summed E-state index contributed by atoms with van der Waals surface area (Å²) >= 11 is 0. The third-order valence-electron chi connectivity index (χ3n) is 4.44. The lowest BCUT2D eigenvalue weighted by Gasteiger charge is -2.37. The van der Waals surface area contributed by atoms with Crippen LogP contribution in [0, 0.1) is 5.92 Å². The van der Waals surface area contributed by atoms with Crippen LogP contribution in [0.4, 0.5) is 5.69 Å². The Morgan fingerprint density at radius 2 is 1.64 bits per heavy atom. The van der Waals surface area contributed by atoms with Crippen LogP contribution in [0.15, 0.2) is 24.3 Å². The first-order chi connectivity index (χ1) is 10.7. The van der Waals surface area contributed by atoms with E-state index < -0.39 is 0 Å². The highest BCUT2D eigenvalue weighted by Crippen LogP contribution is 2.21. The standard InChI is InChI=1S/C18H28N2O2/c1-4-15(5-2)18(21)20-13-11-19(12-14-20)16-7-9-17(10-8-16)22-6-3/h7-10,15H,4-6,11-14H2,1-3H3. The van der Waals surface area contributed by atoms with Crippen LogP contribution >= 0.6 is 0 Å². The van der Waals surface area contributed by atoms with Crippen molar-refractivity contribution < 1.29 is 9.53 Å². The van der Waals surface area contributed by atoms with Gasteiger partial charge in [-0.2, -0.15) is 0 Å². The Morgan fingerprint density at radius 1 is 1.05 bits per heavy atom. The molecule has 4 heteroatoms. The molecule has 1 aliphatic rings. The molecule has 1 aromatic rings. The molecule has 0 atom stereocenters. The lowest BCUT2D eigenvalue weighted by atomic mass is 10.0. The number of amides is 1. The molecule has 1 amide bonds. The summed E-state index contributed by atoms with van der Waals surface area (Å²) in [5, 5.41) is 0. The predicted molar refractivity (Wildman–Crippen MR) is 90.5 cm³/mol. The zero-order chi connectivity index (χ0) is 15.9. The van der Waals surface area contributed by atoms with E-state index in [4.69, 9.17) is 4.74 Å². The number of anilines is 1. The zero-order valence-corrected chi connectivity index (χ0v) is 14.0. The fourth-order valence-corrected chi connectivity index (χ4v) is 3.00. The van der Waals surface area contributed by atoms with Gasteiger partial charge in [-0.25, -0.2) is 0 Å². The molecule has 0 spiro atoms. The SMILES string of the molecule is CCOc1ccc(N2CCN(C(=O)C(CC)CC)CC2)cc1. The monoisotopic (exact) mass is 304 g/mol. The van der Waals surface area contributed by atoms with Gasteiger partial charge in [0.2, 0.25) is 5.91 Å². The molecule has 0 radical (unpaired) electrons. The largest absolute Gasteiger partial charge is 0.494 e. The average Bonchev–Trinajstić information content (AvgIpc) is 2.57. The van der Waals surface area contributed by atoms with Crippen molar-refractivity contribution in [3.05, 3.63) is 24.3 Å². The Bertz CT molecular complexity index is 460. The van der Waals surface area contributed by atoms with Crippen LogP contribution in [0.1, 0.15) is 33.6 Å². The van der Waals surface area contributed by atoms with Crippen molar-refractivity contribution in [2.75, 3.05) is 37.7 Å². The molecule has 0 aliphatic carbocycles. The molecule has 1 saturated heterocycles. The van der Waals surface area contributed by atoms with E-state index in [-0.39, 0.29) is 5.92 Å². The molecule has 0 bridgehead atoms. The van der Waals surface area contributed by atoms with E-state index >= 15 is 0 Å². The second kappa shape index (κ2) is 8.06. The summed E-state index contributed by atoms with van der Waals surface area (Å²) in [7, 11) is 0. The van der Waals surface area contributed by atoms with Crippen molar-refractivity contribution in [1.29, 1.82) is 0 Å². The lowest BCUT2D eigenvalue weighted by molar-refractivity contribution is -0.136. The topological polar surface area (TPSA) is 32.8 Å². The number of carbonyl (C=O) groups excluding carboxylic acids is 1. The number of carbonyl (C=O) groups is 1. The normalized spacial score (nSPS) is 15.3. The summed E-state index contributed by atoms with van der Waals surface area (Å²) in [5.74, 6) is 1.43. The van der Waals surface area contributed by atoms with E-state index in [0.29, 0.717) is 12.5 Å². The van der Waals surface area contributed by atoms with E-state index in [1.54, 1.807) is 0 Å². The Balaban J connectivity index is 1.90. The summed E-state index contributed by atoms with van der Waals surface area (Å²) in [6.45, 7) is 10.3. The number of rotatable bonds is 6. The maximum Gasteiger partial charge on any atom is 0.225 e. The molecule has 0 unspecified atom stereocenters. The van der Waals surface area contributed by atoms with Crippen LogP contribution in [0.2, 0.25) is 0 Å². The van der Waals surface area contributed by atoms with Gasteiger partial charge < -0.3 is 14.5 Å². The quantitative estimate of drug-likeness (QED) is 0.809. The minimum atomic E-state index is 0.192. The van der Waals surface area contributed by atoms with Crippen molar-refractivity contribution in [1.82, 2.24) is 4.90 Å². The first-order valence-electron chi connectivity index (χ1n) is 8.46. The summed E-state index contributed by atoms with van der Waals surface area (Å²) in [5.41, 5.74) is 1.21. The van der Waals surface area contributed by atoms with Gasteiger partial charge in [-0.3, -0.25) is 4.79 Å². The molecule has 1 fully saturated rings. The molecule has 0 N–H and O–H groups in total. The van der Waals surface area contributed by atoms with Gasteiger partial charge >= 0.3 is 0 Å². The van der Waals surface area contributed by atoms with Gasteiger partial charge in [0.15, 0.2) is 0 Å². The minimum absolute atomic E-state index is 0.192. The number of hydrogen-bond donors (Lipinski definition) is 0. The van der Waals surface area contributed by atoms with Gasteiger partial charge in [0.05, 0.1) is 6.61 Å². The molecule has 1 aromatic carbocycles. The van der Waals surface area contributed by atoms with Crippen LogP contribution in [0.25, 0.3) is 0 Å². The van der Waals surface area contributed by atoms with Crippen molar-refractivity contribution in [3.8, 4) is 5.75 Å². The maximum atomic E-state index is 12.4. The highest BCUT2D eigenvalue weighted by atomic mass is 16.5. The summed E-state index contributed by atoms with van der Waals surface area (Å²) in [6.07, 6.45) is 1.88. The van der Waals surface area contributed by atoms with E-state index in [0.717, 1.165) is 44.8 Å². The van der Waals surface area contributed by atoms with Crippen LogP contribution in [-0.2, 0) is 4.79 Å². The van der Waals surface area contributed by atoms with Crippen LogP contribution in [0.5, 0.6) is 5.75 Å². The van der Waals surface area contributed by atoms with Gasteiger partial charge in [0.25, 0.3) is 0 Å². The molecular formula is C18H28N2O2. The number of nitrogens with zero attached hydrogens (tertiary/aromatic N) is 2. The molecule has 22 heavy (non-hydrogen) atoms. The predicted octanol–water partition coefficient (Wildman–Crippen LogP) is 3.17. The molecule has 122 valence electrons. The molecule has 1 aliphatic heterocycles. The van der Waals surface area contributed by atoms with Crippen molar-refractivity contribution >= 4 is 11.6 Å². The van der Waals surface area contributed by atoms with Gasteiger partial charge in [0, 0.05) is 37.8 Å². The second-order valence-electron chi connectivity index (χ2n) is 5.75. The molecule has 1 heterocycles. The Hall–Kier alpha value is -1.71. The third kappa shape index (κ3) is 3.93. The molecule has 0 aromatic heterocycles. The highest BCUT2D eigenvalue weighted by Gasteiger charge is 2.25. The first kappa shape index (κ1) is 16.7. The van der Waals surface area contributed by atoms with Crippen LogP contribution in [0.3, 0.4) is 0 Å². The Kier molecular flexibility index (Phi) is 6.10. The molecule has 0 saturated carbocycles. The van der Waals surface area contributed by atoms with Crippen molar-refractivity contribution in [3.63, 3.8) is 0 Å². The molecule has 4 nitrogen and oxygen atoms in total. The van der Waals surface area contributed by atoms with Gasteiger partial charge in [0.1, 0.15) is 5.75 Å². The Morgan fingerprint density at radius 3 is 2.14 bits per heavy atom. The summed E-state index contributed by atoms with van der Waals surface area (Å²) in [4.78, 5) is 16.8. The van der Waals surface area contributed by atoms with E-state index in [2.05, 4.69) is 30.9 Å². The number of ether oxygens (including phenoxy) is 1. The maximum absolute atomic E-state index is 12.4. The van der Waals surface area contributed by atoms with Gasteiger partial charge in [-0.15, -0.1) is 0 Å². The first-order valence-corrected chi connectivity index (χ1v) is 8.46. The lowest BCUT2D eigenvalue weighted by Crippen LogP contribution is -2.50. The van der Waals surface area contributed by atoms with E-state index in [1.807, 2.05) is 24.0 Å². The number of hydrogen-bond acceptors (Lipinski definition) is 3. The van der Waals surface area contributed by atoms with Crippen molar-refractivity contribution in [2.24, 2.45) is 5.92 Å². The summed E-state index contributed by atoms with van der Waals surface area (Å²) in [6, 6.07) is 8.23. The number of benzene rings is 1. The smallest absolute Gasteiger partial charge is 0.225 e. The molecular weight excluding hydrogens is 276 g/mol. The second-order valence-corrected chi connectivity index (χ2v) is 5.75. The minimum Gasteiger partial charge on any atom is -0.494 e. The average molecular weight is 304 g/mol. The zero-order valence-electron chi connectivity index (χ0n) is 14.0. The van der Waals surface area contributed by atoms with Gasteiger partial charge in [-0.1, -0.05) is 13.8 Å². The van der Waals surface area contributed by atoms with Crippen LogP contribution in [-0.4, -0.2) is 43.6 Å². The fraction of sp³-hybridized carbons (Fsp3) is 0.611. The highest BCUT2D eigenvalue weighted by molar-refractivity contribution is 5.79. The third-order valence-corrected chi connectivity index (χ3v) is 4.44. The van der Waals surface area contributed by atoms with Gasteiger partial charge in [-0.05, 0) is 44.0 Å². The molecule has 2 rings (SSSR count).